The van der Waals surface area contributed by atoms with Crippen molar-refractivity contribution in [3.8, 4) is 0 Å². The highest BCUT2D eigenvalue weighted by atomic mass is 19.4. The van der Waals surface area contributed by atoms with Crippen molar-refractivity contribution in [2.45, 2.75) is 36.5 Å². The zero-order chi connectivity index (χ0) is 18.3. The third-order valence-corrected chi connectivity index (χ3v) is 2.09. The summed E-state index contributed by atoms with van der Waals surface area (Å²) < 4.78 is 170. The van der Waals surface area contributed by atoms with Crippen LogP contribution in [0.1, 0.15) is 0 Å². The van der Waals surface area contributed by atoms with Crippen LogP contribution in [0.15, 0.2) is 11.7 Å². The van der Waals surface area contributed by atoms with E-state index in [-0.39, 0.29) is 0 Å². The molecule has 0 nitrogen and oxygen atoms in total. The third-order valence-electron chi connectivity index (χ3n) is 2.09. The zero-order valence-electron chi connectivity index (χ0n) is 9.45. The molecule has 0 saturated heterocycles. The molecular weight excluding hydrogens is 362 g/mol. The van der Waals surface area contributed by atoms with Crippen LogP contribution in [0.3, 0.4) is 0 Å². The molecule has 0 bridgehead atoms. The summed E-state index contributed by atoms with van der Waals surface area (Å²) >= 11 is 0. The van der Waals surface area contributed by atoms with E-state index < -0.39 is 48.2 Å². The predicted octanol–water partition coefficient (Wildman–Crippen LogP) is 5.21. The van der Waals surface area contributed by atoms with Crippen LogP contribution in [0.2, 0.25) is 0 Å². The molecule has 1 unspecified atom stereocenters. The average molecular weight is 364 g/mol. The van der Waals surface area contributed by atoms with Crippen LogP contribution < -0.4 is 0 Å². The SMILES string of the molecule is FC(=C(F)C(F)(F)C(F)(F)C(F)C(F)F)C(F)(F)C(F)(F)F. The molecule has 0 heterocycles. The standard InChI is InChI=1S/C8H2F14/c9-1(2(10)7(18,19)8(20,21)22)5(14,15)6(16,17)3(11)4(12)13/h3-4H. The molecule has 0 aliphatic rings. The van der Waals surface area contributed by atoms with E-state index in [0.29, 0.717) is 0 Å². The third kappa shape index (κ3) is 3.24. The Morgan fingerprint density at radius 3 is 1.18 bits per heavy atom. The lowest BCUT2D eigenvalue weighted by molar-refractivity contribution is -0.276. The van der Waals surface area contributed by atoms with E-state index >= 15 is 0 Å². The van der Waals surface area contributed by atoms with Crippen molar-refractivity contribution < 1.29 is 61.5 Å². The van der Waals surface area contributed by atoms with Crippen LogP contribution in [-0.4, -0.2) is 36.5 Å². The van der Waals surface area contributed by atoms with Gasteiger partial charge in [0.05, 0.1) is 0 Å². The van der Waals surface area contributed by atoms with Crippen molar-refractivity contribution in [2.24, 2.45) is 0 Å². The molecule has 0 spiro atoms. The minimum Gasteiger partial charge on any atom is -0.234 e. The number of halogens is 14. The largest absolute Gasteiger partial charge is 0.460 e. The van der Waals surface area contributed by atoms with Crippen LogP contribution in [0.25, 0.3) is 0 Å². The number of rotatable bonds is 5. The molecule has 0 fully saturated rings. The second kappa shape index (κ2) is 5.76. The van der Waals surface area contributed by atoms with Crippen LogP contribution in [0, 0.1) is 0 Å². The minimum absolute atomic E-state index is 4.70. The van der Waals surface area contributed by atoms with Gasteiger partial charge in [0.25, 0.3) is 6.43 Å². The number of hydrogen-bond acceptors (Lipinski definition) is 0. The van der Waals surface area contributed by atoms with Gasteiger partial charge in [-0.1, -0.05) is 0 Å². The normalized spacial score (nSPS) is 17.6. The Hall–Kier alpha value is -1.24. The van der Waals surface area contributed by atoms with E-state index in [2.05, 4.69) is 0 Å². The summed E-state index contributed by atoms with van der Waals surface area (Å²) in [5.74, 6) is -30.2. The highest BCUT2D eigenvalue weighted by molar-refractivity contribution is 5.22. The maximum absolute atomic E-state index is 12.7. The van der Waals surface area contributed by atoms with Gasteiger partial charge in [-0.2, -0.15) is 39.5 Å². The first-order valence-corrected chi connectivity index (χ1v) is 4.61. The van der Waals surface area contributed by atoms with Crippen molar-refractivity contribution in [2.75, 3.05) is 0 Å². The zero-order valence-corrected chi connectivity index (χ0v) is 9.45. The molecule has 1 atom stereocenters. The van der Waals surface area contributed by atoms with Crippen LogP contribution in [-0.2, 0) is 0 Å². The maximum atomic E-state index is 12.7. The van der Waals surface area contributed by atoms with Crippen molar-refractivity contribution in [3.63, 3.8) is 0 Å². The molecule has 0 aliphatic carbocycles. The molecule has 22 heavy (non-hydrogen) atoms. The number of allylic oxidation sites excluding steroid dienone is 2. The minimum atomic E-state index is -7.03. The molecular formula is C8H2F14. The lowest BCUT2D eigenvalue weighted by Gasteiger charge is -2.28. The summed E-state index contributed by atoms with van der Waals surface area (Å²) in [6.45, 7) is 0. The smallest absolute Gasteiger partial charge is 0.234 e. The Morgan fingerprint density at radius 2 is 0.909 bits per heavy atom. The molecule has 0 radical (unpaired) electrons. The topological polar surface area (TPSA) is 0 Å². The molecule has 0 saturated carbocycles. The van der Waals surface area contributed by atoms with Crippen molar-refractivity contribution >= 4 is 0 Å². The molecule has 0 aromatic rings. The lowest BCUT2D eigenvalue weighted by atomic mass is 10.0. The van der Waals surface area contributed by atoms with E-state index in [1.54, 1.807) is 0 Å². The van der Waals surface area contributed by atoms with Gasteiger partial charge < -0.3 is 0 Å². The number of alkyl halides is 12. The molecule has 132 valence electrons. The van der Waals surface area contributed by atoms with Crippen molar-refractivity contribution in [3.05, 3.63) is 11.7 Å². The summed E-state index contributed by atoms with van der Waals surface area (Å²) in [5.41, 5.74) is 0. The Balaban J connectivity index is 6.06. The second-order valence-electron chi connectivity index (χ2n) is 3.63. The summed E-state index contributed by atoms with van der Waals surface area (Å²) in [7, 11) is 0. The summed E-state index contributed by atoms with van der Waals surface area (Å²) in [5, 5.41) is 0. The van der Waals surface area contributed by atoms with Gasteiger partial charge in [0.15, 0.2) is 0 Å². The fraction of sp³-hybridized carbons (Fsp3) is 0.750. The monoisotopic (exact) mass is 364 g/mol. The Morgan fingerprint density at radius 1 is 0.591 bits per heavy atom. The summed E-state index contributed by atoms with van der Waals surface area (Å²) in [6, 6.07) is 0. The molecule has 0 aliphatic heterocycles. The van der Waals surface area contributed by atoms with E-state index in [4.69, 9.17) is 0 Å². The van der Waals surface area contributed by atoms with Gasteiger partial charge >= 0.3 is 23.9 Å². The van der Waals surface area contributed by atoms with Gasteiger partial charge in [-0.3, -0.25) is 0 Å². The van der Waals surface area contributed by atoms with Gasteiger partial charge in [-0.15, -0.1) is 0 Å². The van der Waals surface area contributed by atoms with Crippen molar-refractivity contribution in [1.29, 1.82) is 0 Å². The van der Waals surface area contributed by atoms with Gasteiger partial charge in [-0.25, -0.2) is 22.0 Å². The van der Waals surface area contributed by atoms with Gasteiger partial charge in [0, 0.05) is 0 Å². The Labute approximate surface area is 111 Å². The van der Waals surface area contributed by atoms with E-state index in [1.807, 2.05) is 0 Å². The highest BCUT2D eigenvalue weighted by Crippen LogP contribution is 2.50. The first-order chi connectivity index (χ1) is 9.42. The second-order valence-corrected chi connectivity index (χ2v) is 3.63. The van der Waals surface area contributed by atoms with Gasteiger partial charge in [0.1, 0.15) is 0 Å². The fourth-order valence-electron chi connectivity index (χ4n) is 0.878. The van der Waals surface area contributed by atoms with Crippen molar-refractivity contribution in [1.82, 2.24) is 0 Å². The van der Waals surface area contributed by atoms with E-state index in [9.17, 15) is 61.5 Å². The molecule has 0 amide bonds. The Bertz CT molecular complexity index is 429. The fourth-order valence-corrected chi connectivity index (χ4v) is 0.878. The first-order valence-electron chi connectivity index (χ1n) is 4.61. The van der Waals surface area contributed by atoms with Gasteiger partial charge in [-0.05, 0) is 0 Å². The number of hydrogen-bond donors (Lipinski definition) is 0. The molecule has 0 aromatic carbocycles. The predicted molar refractivity (Wildman–Crippen MR) is 41.0 cm³/mol. The quantitative estimate of drug-likeness (QED) is 0.588. The van der Waals surface area contributed by atoms with Crippen LogP contribution >= 0.6 is 0 Å². The average Bonchev–Trinajstić information content (AvgIpc) is 2.33. The molecule has 0 N–H and O–H groups in total. The van der Waals surface area contributed by atoms with Crippen LogP contribution in [0.4, 0.5) is 61.5 Å². The molecule has 0 rings (SSSR count). The van der Waals surface area contributed by atoms with E-state index in [1.165, 1.54) is 0 Å². The molecule has 0 aromatic heterocycles. The summed E-state index contributed by atoms with van der Waals surface area (Å²) in [4.78, 5) is 0. The highest BCUT2D eigenvalue weighted by Gasteiger charge is 2.71. The maximum Gasteiger partial charge on any atom is 0.460 e. The Kier molecular flexibility index (Phi) is 5.43. The summed E-state index contributed by atoms with van der Waals surface area (Å²) in [6.07, 6.45) is -17.1. The lowest BCUT2D eigenvalue weighted by Crippen LogP contribution is -2.52. The van der Waals surface area contributed by atoms with Gasteiger partial charge in [0.2, 0.25) is 17.8 Å². The van der Waals surface area contributed by atoms with E-state index in [0.717, 1.165) is 0 Å². The van der Waals surface area contributed by atoms with Crippen LogP contribution in [0.5, 0.6) is 0 Å². The first kappa shape index (κ1) is 20.8. The molecule has 14 heteroatoms.